The van der Waals surface area contributed by atoms with Gasteiger partial charge in [-0.25, -0.2) is 0 Å². The predicted molar refractivity (Wildman–Crippen MR) is 210 cm³/mol. The first-order valence-corrected chi connectivity index (χ1v) is 19.1. The number of unbranched alkanes of at least 4 members (excludes halogenated alkanes) is 6. The summed E-state index contributed by atoms with van der Waals surface area (Å²) in [7, 11) is 0. The first-order valence-electron chi connectivity index (χ1n) is 19.1. The molecule has 1 fully saturated rings. The molecule has 0 saturated carbocycles. The van der Waals surface area contributed by atoms with Gasteiger partial charge in [0.15, 0.2) is 12.4 Å². The van der Waals surface area contributed by atoms with Gasteiger partial charge in [0.05, 0.1) is 13.2 Å². The Morgan fingerprint density at radius 1 is 0.585 bits per heavy atom. The van der Waals surface area contributed by atoms with E-state index in [1.807, 2.05) is 91.1 Å². The molecule has 0 aromatic heterocycles. The Balaban J connectivity index is 2.49. The van der Waals surface area contributed by atoms with Crippen molar-refractivity contribution in [1.29, 1.82) is 0 Å². The SMILES string of the molecule is CC/C=C/C=C/C=C/C=C/C=C/CCCC(=O)OC(COC(=O)CCCCCCC/C=C/C=C/C=C/C=C/CC)CO[C@H]1O[C@@H](CO)[C@@H](O)C(O)C1O. The molecule has 0 aliphatic carbocycles. The summed E-state index contributed by atoms with van der Waals surface area (Å²) >= 11 is 0. The summed E-state index contributed by atoms with van der Waals surface area (Å²) in [6.45, 7) is 2.99. The molecule has 1 heterocycles. The van der Waals surface area contributed by atoms with Gasteiger partial charge < -0.3 is 39.4 Å². The highest BCUT2D eigenvalue weighted by molar-refractivity contribution is 5.70. The van der Waals surface area contributed by atoms with E-state index in [-0.39, 0.29) is 26.1 Å². The van der Waals surface area contributed by atoms with Crippen LogP contribution in [0.4, 0.5) is 0 Å². The molecule has 1 saturated heterocycles. The van der Waals surface area contributed by atoms with E-state index in [1.165, 1.54) is 0 Å². The topological polar surface area (TPSA) is 152 Å². The maximum Gasteiger partial charge on any atom is 0.306 e. The van der Waals surface area contributed by atoms with E-state index < -0.39 is 55.4 Å². The van der Waals surface area contributed by atoms with Gasteiger partial charge in [0.2, 0.25) is 0 Å². The maximum absolute atomic E-state index is 12.7. The van der Waals surface area contributed by atoms with E-state index in [1.54, 1.807) is 0 Å². The van der Waals surface area contributed by atoms with Crippen LogP contribution in [0.2, 0.25) is 0 Å². The van der Waals surface area contributed by atoms with E-state index in [0.717, 1.165) is 44.9 Å². The van der Waals surface area contributed by atoms with Crippen LogP contribution in [0.3, 0.4) is 0 Å². The Hall–Kier alpha value is -3.64. The fourth-order valence-corrected chi connectivity index (χ4v) is 4.87. The molecule has 0 aromatic rings. The number of hydrogen-bond acceptors (Lipinski definition) is 10. The highest BCUT2D eigenvalue weighted by atomic mass is 16.7. The Morgan fingerprint density at radius 2 is 1.08 bits per heavy atom. The monoisotopic (exact) mass is 740 g/mol. The van der Waals surface area contributed by atoms with Gasteiger partial charge in [-0.2, -0.15) is 0 Å². The number of esters is 2. The number of ether oxygens (including phenoxy) is 4. The second-order valence-electron chi connectivity index (χ2n) is 12.5. The fourth-order valence-electron chi connectivity index (χ4n) is 4.87. The number of aliphatic hydroxyl groups excluding tert-OH is 4. The van der Waals surface area contributed by atoms with Gasteiger partial charge in [-0.1, -0.05) is 142 Å². The lowest BCUT2D eigenvalue weighted by molar-refractivity contribution is -0.305. The van der Waals surface area contributed by atoms with Gasteiger partial charge in [-0.3, -0.25) is 9.59 Å². The molecule has 1 rings (SSSR count). The van der Waals surface area contributed by atoms with Crippen molar-refractivity contribution in [3.8, 4) is 0 Å². The van der Waals surface area contributed by atoms with Crippen LogP contribution in [-0.2, 0) is 28.5 Å². The van der Waals surface area contributed by atoms with Crippen molar-refractivity contribution >= 4 is 11.9 Å². The Bertz CT molecular complexity index is 1220. The van der Waals surface area contributed by atoms with Crippen LogP contribution in [0.5, 0.6) is 0 Å². The Morgan fingerprint density at radius 3 is 1.64 bits per heavy atom. The summed E-state index contributed by atoms with van der Waals surface area (Å²) in [5, 5.41) is 39.9. The quantitative estimate of drug-likeness (QED) is 0.0376. The molecule has 4 N–H and O–H groups in total. The molecule has 0 radical (unpaired) electrons. The van der Waals surface area contributed by atoms with E-state index in [4.69, 9.17) is 18.9 Å². The minimum Gasteiger partial charge on any atom is -0.462 e. The third kappa shape index (κ3) is 25.1. The van der Waals surface area contributed by atoms with Crippen molar-refractivity contribution in [2.45, 2.75) is 128 Å². The minimum atomic E-state index is -1.62. The zero-order valence-electron chi connectivity index (χ0n) is 31.7. The van der Waals surface area contributed by atoms with Crippen molar-refractivity contribution in [3.05, 3.63) is 109 Å². The summed E-state index contributed by atoms with van der Waals surface area (Å²) in [5.74, 6) is -0.938. The standard InChI is InChI=1S/C43H64O10/c1-3-5-7-9-11-13-15-17-18-20-21-23-25-27-29-31-38(45)50-34-36(35-51-43-42(49)41(48)40(47)37(33-44)53-43)52-39(46)32-30-28-26-24-22-19-16-14-12-10-8-6-4-2/h5-19,22,24,26,36-37,40-44,47-49H,3-4,20-21,23,25,27-35H2,1-2H3/b7-5+,8-6+,11-9+,12-10+,15-13+,16-14+,18-17+,22-19+,26-24+/t36?,37-,40+,41?,42?,43-/m0/s1. The smallest absolute Gasteiger partial charge is 0.306 e. The van der Waals surface area contributed by atoms with Crippen molar-refractivity contribution in [3.63, 3.8) is 0 Å². The van der Waals surface area contributed by atoms with Crippen molar-refractivity contribution in [2.75, 3.05) is 19.8 Å². The van der Waals surface area contributed by atoms with Gasteiger partial charge in [-0.15, -0.1) is 0 Å². The molecular formula is C43H64O10. The third-order valence-electron chi connectivity index (χ3n) is 7.88. The Kier molecular flexibility index (Phi) is 29.5. The molecular weight excluding hydrogens is 676 g/mol. The summed E-state index contributed by atoms with van der Waals surface area (Å²) in [6.07, 6.45) is 36.8. The molecule has 1 aliphatic rings. The number of allylic oxidation sites excluding steroid dienone is 18. The molecule has 10 nitrogen and oxygen atoms in total. The number of carbonyl (C=O) groups is 2. The largest absolute Gasteiger partial charge is 0.462 e. The lowest BCUT2D eigenvalue weighted by Crippen LogP contribution is -2.59. The van der Waals surface area contributed by atoms with Crippen LogP contribution < -0.4 is 0 Å². The normalized spacial score (nSPS) is 22.1. The molecule has 1 aliphatic heterocycles. The molecule has 6 atom stereocenters. The average molecular weight is 741 g/mol. The van der Waals surface area contributed by atoms with Gasteiger partial charge in [0.25, 0.3) is 0 Å². The minimum absolute atomic E-state index is 0.120. The summed E-state index contributed by atoms with van der Waals surface area (Å²) in [6, 6.07) is 0. The number of aliphatic hydroxyl groups is 4. The highest BCUT2D eigenvalue weighted by Crippen LogP contribution is 2.22. The number of hydrogen-bond donors (Lipinski definition) is 4. The van der Waals surface area contributed by atoms with Gasteiger partial charge in [0, 0.05) is 12.8 Å². The van der Waals surface area contributed by atoms with E-state index in [0.29, 0.717) is 19.3 Å². The lowest BCUT2D eigenvalue weighted by atomic mass is 9.99. The molecule has 53 heavy (non-hydrogen) atoms. The summed E-state index contributed by atoms with van der Waals surface area (Å²) in [5.41, 5.74) is 0. The molecule has 0 amide bonds. The second kappa shape index (κ2) is 33.0. The van der Waals surface area contributed by atoms with Crippen LogP contribution in [-0.4, -0.2) is 89.0 Å². The first kappa shape index (κ1) is 47.4. The summed E-state index contributed by atoms with van der Waals surface area (Å²) in [4.78, 5) is 25.2. The van der Waals surface area contributed by atoms with Gasteiger partial charge in [-0.05, 0) is 44.9 Å². The van der Waals surface area contributed by atoms with E-state index in [9.17, 15) is 30.0 Å². The molecule has 3 unspecified atom stereocenters. The molecule has 0 spiro atoms. The predicted octanol–water partition coefficient (Wildman–Crippen LogP) is 6.98. The van der Waals surface area contributed by atoms with Crippen LogP contribution in [0.15, 0.2) is 109 Å². The molecule has 296 valence electrons. The first-order chi connectivity index (χ1) is 25.8. The van der Waals surface area contributed by atoms with E-state index >= 15 is 0 Å². The third-order valence-corrected chi connectivity index (χ3v) is 7.88. The van der Waals surface area contributed by atoms with Crippen LogP contribution in [0.25, 0.3) is 0 Å². The van der Waals surface area contributed by atoms with Crippen molar-refractivity contribution < 1.29 is 49.0 Å². The molecule has 10 heteroatoms. The molecule has 0 aromatic carbocycles. The molecule has 0 bridgehead atoms. The second-order valence-corrected chi connectivity index (χ2v) is 12.5. The maximum atomic E-state index is 12.7. The van der Waals surface area contributed by atoms with Crippen molar-refractivity contribution in [2.24, 2.45) is 0 Å². The number of carbonyl (C=O) groups excluding carboxylic acids is 2. The van der Waals surface area contributed by atoms with E-state index in [2.05, 4.69) is 32.1 Å². The lowest BCUT2D eigenvalue weighted by Gasteiger charge is -2.39. The zero-order chi connectivity index (χ0) is 38.8. The highest BCUT2D eigenvalue weighted by Gasteiger charge is 2.44. The average Bonchev–Trinajstić information content (AvgIpc) is 3.15. The van der Waals surface area contributed by atoms with Crippen molar-refractivity contribution in [1.82, 2.24) is 0 Å². The van der Waals surface area contributed by atoms with Crippen LogP contribution >= 0.6 is 0 Å². The zero-order valence-corrected chi connectivity index (χ0v) is 31.7. The fraction of sp³-hybridized carbons (Fsp3) is 0.535. The Labute approximate surface area is 317 Å². The number of rotatable bonds is 28. The van der Waals surface area contributed by atoms with Gasteiger partial charge in [0.1, 0.15) is 31.0 Å². The van der Waals surface area contributed by atoms with Crippen LogP contribution in [0, 0.1) is 0 Å². The summed E-state index contributed by atoms with van der Waals surface area (Å²) < 4.78 is 21.9. The van der Waals surface area contributed by atoms with Crippen LogP contribution in [0.1, 0.15) is 90.9 Å². The van der Waals surface area contributed by atoms with Gasteiger partial charge >= 0.3 is 11.9 Å².